The highest BCUT2D eigenvalue weighted by atomic mass is 16.7. The lowest BCUT2D eigenvalue weighted by Crippen LogP contribution is -2.47. The maximum Gasteiger partial charge on any atom is 0.328 e. The number of benzene rings is 4. The third-order valence-electron chi connectivity index (χ3n) is 10.5. The van der Waals surface area contributed by atoms with Gasteiger partial charge in [-0.05, 0) is 65.4 Å². The Morgan fingerprint density at radius 1 is 0.792 bits per heavy atom. The van der Waals surface area contributed by atoms with Gasteiger partial charge in [0.25, 0.3) is 0 Å². The molecule has 280 valence electrons. The van der Waals surface area contributed by atoms with Gasteiger partial charge in [0.15, 0.2) is 6.29 Å². The number of amides is 2. The van der Waals surface area contributed by atoms with Gasteiger partial charge in [-0.3, -0.25) is 0 Å². The predicted octanol–water partition coefficient (Wildman–Crippen LogP) is 7.49. The van der Waals surface area contributed by atoms with Crippen LogP contribution in [0.5, 0.6) is 0 Å². The molecule has 2 amide bonds. The summed E-state index contributed by atoms with van der Waals surface area (Å²) in [4.78, 5) is 27.8. The van der Waals surface area contributed by atoms with Gasteiger partial charge in [0.05, 0.1) is 25.9 Å². The van der Waals surface area contributed by atoms with Crippen LogP contribution in [-0.2, 0) is 38.6 Å². The van der Waals surface area contributed by atoms with Crippen LogP contribution in [0.15, 0.2) is 103 Å². The van der Waals surface area contributed by atoms with E-state index in [0.29, 0.717) is 6.42 Å². The minimum Gasteiger partial charge on any atom is -0.467 e. The first kappa shape index (κ1) is 38.2. The number of hydrogen-bond acceptors (Lipinski definition) is 7. The summed E-state index contributed by atoms with van der Waals surface area (Å²) in [7, 11) is 1.32. The predicted molar refractivity (Wildman–Crippen MR) is 206 cm³/mol. The Kier molecular flexibility index (Phi) is 13.7. The van der Waals surface area contributed by atoms with Gasteiger partial charge in [-0.25, -0.2) is 9.59 Å². The molecule has 6 rings (SSSR count). The van der Waals surface area contributed by atoms with Gasteiger partial charge in [0, 0.05) is 31.0 Å². The third-order valence-corrected chi connectivity index (χ3v) is 10.5. The first-order valence-corrected chi connectivity index (χ1v) is 19.0. The molecule has 2 aliphatic heterocycles. The molecule has 9 heteroatoms. The number of ether oxygens (including phenoxy) is 3. The molecule has 3 N–H and O–H groups in total. The number of nitrogens with zero attached hydrogens (tertiary/aromatic N) is 1. The molecule has 0 unspecified atom stereocenters. The molecule has 5 atom stereocenters. The summed E-state index contributed by atoms with van der Waals surface area (Å²) in [5.41, 5.74) is 6.83. The van der Waals surface area contributed by atoms with Crippen LogP contribution >= 0.6 is 0 Å². The molecular weight excluding hydrogens is 666 g/mol. The highest BCUT2D eigenvalue weighted by molar-refractivity contribution is 5.83. The number of methoxy groups -OCH3 is 1. The molecule has 0 spiro atoms. The van der Waals surface area contributed by atoms with Crippen molar-refractivity contribution in [3.05, 3.63) is 131 Å². The number of carbonyl (C=O) groups is 2. The average molecular weight is 720 g/mol. The second-order valence-electron chi connectivity index (χ2n) is 14.3. The highest BCUT2D eigenvalue weighted by Gasteiger charge is 2.39. The number of urea groups is 1. The van der Waals surface area contributed by atoms with Gasteiger partial charge in [-0.15, -0.1) is 0 Å². The van der Waals surface area contributed by atoms with Crippen molar-refractivity contribution in [1.82, 2.24) is 15.5 Å². The van der Waals surface area contributed by atoms with Crippen LogP contribution < -0.4 is 10.6 Å². The van der Waals surface area contributed by atoms with Crippen molar-refractivity contribution in [2.24, 2.45) is 5.92 Å². The monoisotopic (exact) mass is 719 g/mol. The average Bonchev–Trinajstić information content (AvgIpc) is 3.19. The first-order valence-electron chi connectivity index (χ1n) is 19.0. The van der Waals surface area contributed by atoms with Gasteiger partial charge >= 0.3 is 12.0 Å². The van der Waals surface area contributed by atoms with Crippen molar-refractivity contribution in [3.8, 4) is 11.1 Å². The maximum absolute atomic E-state index is 12.8. The van der Waals surface area contributed by atoms with E-state index in [4.69, 9.17) is 14.2 Å². The van der Waals surface area contributed by atoms with Crippen molar-refractivity contribution in [3.63, 3.8) is 0 Å². The second-order valence-corrected chi connectivity index (χ2v) is 14.3. The van der Waals surface area contributed by atoms with Crippen LogP contribution in [0.2, 0.25) is 0 Å². The molecular formula is C44H53N3O6. The Labute approximate surface area is 313 Å². The van der Waals surface area contributed by atoms with Crippen molar-refractivity contribution in [2.45, 2.75) is 83.1 Å². The van der Waals surface area contributed by atoms with Gasteiger partial charge in [0.2, 0.25) is 0 Å². The SMILES string of the molecule is COC(=O)[C@H](Cc1ccccc1)NC(=O)NCc1cccc(-c2ccc([C@@H]3O[C@H](CN4CCCCCCC4)[C@H](C)[C@H](c4ccc(CO)cc4)O3)cc2)c1. The quantitative estimate of drug-likeness (QED) is 0.130. The normalized spacial score (nSPS) is 21.5. The van der Waals surface area contributed by atoms with E-state index in [9.17, 15) is 14.7 Å². The van der Waals surface area contributed by atoms with E-state index in [0.717, 1.165) is 58.6 Å². The topological polar surface area (TPSA) is 109 Å². The van der Waals surface area contributed by atoms with E-state index in [1.807, 2.05) is 60.7 Å². The maximum atomic E-state index is 12.8. The largest absolute Gasteiger partial charge is 0.467 e. The Balaban J connectivity index is 1.12. The van der Waals surface area contributed by atoms with Crippen LogP contribution in [0.4, 0.5) is 4.79 Å². The fourth-order valence-electron chi connectivity index (χ4n) is 7.35. The fourth-order valence-corrected chi connectivity index (χ4v) is 7.35. The fraction of sp³-hybridized carbons (Fsp3) is 0.409. The number of aliphatic hydroxyl groups excluding tert-OH is 1. The smallest absolute Gasteiger partial charge is 0.328 e. The molecule has 0 aliphatic carbocycles. The summed E-state index contributed by atoms with van der Waals surface area (Å²) in [6, 6.07) is 32.7. The van der Waals surface area contributed by atoms with Crippen molar-refractivity contribution in [1.29, 1.82) is 0 Å². The van der Waals surface area contributed by atoms with Crippen LogP contribution in [0, 0.1) is 5.92 Å². The number of esters is 1. The van der Waals surface area contributed by atoms with Gasteiger partial charge in [0.1, 0.15) is 6.04 Å². The van der Waals surface area contributed by atoms with Crippen LogP contribution in [0.25, 0.3) is 11.1 Å². The van der Waals surface area contributed by atoms with Crippen molar-refractivity contribution >= 4 is 12.0 Å². The summed E-state index contributed by atoms with van der Waals surface area (Å²) < 4.78 is 18.4. The molecule has 0 saturated carbocycles. The summed E-state index contributed by atoms with van der Waals surface area (Å²) in [5.74, 6) is -0.354. The standard InChI is InChI=1S/C44H53N3O6/c1-31-40(29-47-24-9-4-3-5-10-25-47)52-43(53-41(31)36-18-16-33(30-48)17-19-36)37-22-20-35(21-23-37)38-15-11-14-34(26-38)28-45-44(50)46-39(42(49)51-2)27-32-12-7-6-8-13-32/h6-8,11-23,26,31,39-41,43,48H,3-5,9-10,24-25,27-30H2,1-2H3,(H2,45,46,50)/t31-,39-,40+,41+,43+/m0/s1. The van der Waals surface area contributed by atoms with E-state index >= 15 is 0 Å². The molecule has 53 heavy (non-hydrogen) atoms. The van der Waals surface area contributed by atoms with Gasteiger partial charge in [-0.2, -0.15) is 0 Å². The molecule has 4 aromatic carbocycles. The number of hydrogen-bond donors (Lipinski definition) is 3. The summed E-state index contributed by atoms with van der Waals surface area (Å²) >= 11 is 0. The second kappa shape index (κ2) is 19.0. The Hall–Kier alpha value is -4.54. The zero-order valence-electron chi connectivity index (χ0n) is 30.9. The Morgan fingerprint density at radius 2 is 1.47 bits per heavy atom. The lowest BCUT2D eigenvalue weighted by molar-refractivity contribution is -0.276. The number of aliphatic hydroxyl groups is 1. The molecule has 2 heterocycles. The summed E-state index contributed by atoms with van der Waals surface area (Å²) in [6.07, 6.45) is 6.02. The number of carbonyl (C=O) groups excluding carboxylic acids is 2. The number of rotatable bonds is 12. The van der Waals surface area contributed by atoms with Crippen LogP contribution in [-0.4, -0.2) is 60.9 Å². The van der Waals surface area contributed by atoms with Crippen LogP contribution in [0.1, 0.15) is 79.2 Å². The van der Waals surface area contributed by atoms with E-state index < -0.39 is 24.3 Å². The number of nitrogens with one attached hydrogen (secondary N) is 2. The van der Waals surface area contributed by atoms with Crippen molar-refractivity contribution in [2.75, 3.05) is 26.7 Å². The lowest BCUT2D eigenvalue weighted by atomic mass is 9.89. The lowest BCUT2D eigenvalue weighted by Gasteiger charge is -2.43. The molecule has 2 fully saturated rings. The minimum absolute atomic E-state index is 0.00186. The zero-order chi connectivity index (χ0) is 37.0. The highest BCUT2D eigenvalue weighted by Crippen LogP contribution is 2.42. The Bertz CT molecular complexity index is 1740. The molecule has 9 nitrogen and oxygen atoms in total. The summed E-state index contributed by atoms with van der Waals surface area (Å²) in [6.45, 7) is 5.61. The molecule has 2 saturated heterocycles. The van der Waals surface area contributed by atoms with Crippen LogP contribution in [0.3, 0.4) is 0 Å². The first-order chi connectivity index (χ1) is 25.9. The van der Waals surface area contributed by atoms with Gasteiger partial charge < -0.3 is 34.9 Å². The van der Waals surface area contributed by atoms with E-state index in [-0.39, 0.29) is 31.3 Å². The molecule has 4 aromatic rings. The van der Waals surface area contributed by atoms with Crippen molar-refractivity contribution < 1.29 is 28.9 Å². The third kappa shape index (κ3) is 10.5. The van der Waals surface area contributed by atoms with Gasteiger partial charge in [-0.1, -0.05) is 123 Å². The Morgan fingerprint density at radius 3 is 2.17 bits per heavy atom. The molecule has 0 aromatic heterocycles. The molecule has 0 bridgehead atoms. The van der Waals surface area contributed by atoms with E-state index in [2.05, 4.69) is 64.9 Å². The molecule has 2 aliphatic rings. The minimum atomic E-state index is -0.802. The van der Waals surface area contributed by atoms with E-state index in [1.54, 1.807) is 0 Å². The molecule has 0 radical (unpaired) electrons. The zero-order valence-corrected chi connectivity index (χ0v) is 30.9. The van der Waals surface area contributed by atoms with E-state index in [1.165, 1.54) is 39.2 Å². The number of likely N-dealkylation sites (tertiary alicyclic amines) is 1. The summed E-state index contributed by atoms with van der Waals surface area (Å²) in [5, 5.41) is 15.3.